The van der Waals surface area contributed by atoms with Crippen LogP contribution >= 0.6 is 15.9 Å². The first-order valence-corrected chi connectivity index (χ1v) is 8.73. The van der Waals surface area contributed by atoms with Gasteiger partial charge in [0.05, 0.1) is 16.4 Å². The number of halogens is 1. The Morgan fingerprint density at radius 1 is 1.45 bits per heavy atom. The van der Waals surface area contributed by atoms with Crippen LogP contribution in [0.15, 0.2) is 10.7 Å². The van der Waals surface area contributed by atoms with Crippen LogP contribution in [-0.2, 0) is 6.54 Å². The van der Waals surface area contributed by atoms with E-state index in [0.717, 1.165) is 30.8 Å². The van der Waals surface area contributed by atoms with E-state index < -0.39 is 0 Å². The highest BCUT2D eigenvalue weighted by molar-refractivity contribution is 9.10. The number of rotatable bonds is 5. The third-order valence-corrected chi connectivity index (χ3v) is 5.54. The van der Waals surface area contributed by atoms with Crippen molar-refractivity contribution in [1.29, 1.82) is 0 Å². The minimum atomic E-state index is 0.625. The number of nitrogens with one attached hydrogen (secondary N) is 1. The first-order valence-electron chi connectivity index (χ1n) is 7.94. The first kappa shape index (κ1) is 16.0. The molecule has 0 amide bonds. The summed E-state index contributed by atoms with van der Waals surface area (Å²) in [5.41, 5.74) is 1.41. The fourth-order valence-electron chi connectivity index (χ4n) is 3.71. The van der Waals surface area contributed by atoms with Crippen molar-refractivity contribution in [1.82, 2.24) is 15.1 Å². The van der Waals surface area contributed by atoms with Gasteiger partial charge in [0.2, 0.25) is 0 Å². The smallest absolute Gasteiger partial charge is 0.0635 e. The van der Waals surface area contributed by atoms with Crippen molar-refractivity contribution in [3.05, 3.63) is 16.4 Å². The van der Waals surface area contributed by atoms with E-state index >= 15 is 0 Å². The Kier molecular flexibility index (Phi) is 5.67. The maximum Gasteiger partial charge on any atom is 0.0635 e. The van der Waals surface area contributed by atoms with Crippen LogP contribution < -0.4 is 5.32 Å². The largest absolute Gasteiger partial charge is 0.319 e. The Labute approximate surface area is 131 Å². The Bertz CT molecular complexity index is 427. The summed E-state index contributed by atoms with van der Waals surface area (Å²) < 4.78 is 3.37. The van der Waals surface area contributed by atoms with Gasteiger partial charge in [-0.15, -0.1) is 0 Å². The quantitative estimate of drug-likeness (QED) is 0.875. The van der Waals surface area contributed by atoms with Crippen LogP contribution in [0.25, 0.3) is 0 Å². The van der Waals surface area contributed by atoms with E-state index in [4.69, 9.17) is 0 Å². The van der Waals surface area contributed by atoms with Crippen molar-refractivity contribution in [3.8, 4) is 0 Å². The molecule has 0 aromatic carbocycles. The summed E-state index contributed by atoms with van der Waals surface area (Å²) in [6.07, 6.45) is 5.97. The van der Waals surface area contributed by atoms with Crippen molar-refractivity contribution in [2.24, 2.45) is 17.8 Å². The highest BCUT2D eigenvalue weighted by atomic mass is 79.9. The Balaban J connectivity index is 2.28. The van der Waals surface area contributed by atoms with E-state index in [1.807, 2.05) is 6.20 Å². The van der Waals surface area contributed by atoms with Gasteiger partial charge in [-0.1, -0.05) is 13.8 Å². The van der Waals surface area contributed by atoms with Crippen LogP contribution in [0, 0.1) is 17.8 Å². The van der Waals surface area contributed by atoms with Crippen LogP contribution in [0.4, 0.5) is 0 Å². The number of nitrogens with zero attached hydrogens (tertiary/aromatic N) is 2. The second-order valence-electron chi connectivity index (χ2n) is 6.43. The predicted molar refractivity (Wildman–Crippen MR) is 87.9 cm³/mol. The second-order valence-corrected chi connectivity index (χ2v) is 7.29. The van der Waals surface area contributed by atoms with Crippen LogP contribution in [0.1, 0.15) is 51.6 Å². The second kappa shape index (κ2) is 7.08. The van der Waals surface area contributed by atoms with Gasteiger partial charge in [-0.2, -0.15) is 5.10 Å². The standard InChI is InChI=1S/C16H28BrN3/c1-5-20-16(15(17)10-19-20)14-8-12(11(2)3)6-7-13(14)9-18-4/h10-14,18H,5-9H2,1-4H3. The fourth-order valence-corrected chi connectivity index (χ4v) is 4.30. The highest BCUT2D eigenvalue weighted by Gasteiger charge is 2.35. The lowest BCUT2D eigenvalue weighted by Crippen LogP contribution is -2.33. The van der Waals surface area contributed by atoms with E-state index in [1.165, 1.54) is 29.4 Å². The third kappa shape index (κ3) is 3.28. The molecule has 0 saturated heterocycles. The van der Waals surface area contributed by atoms with Crippen LogP contribution in [-0.4, -0.2) is 23.4 Å². The predicted octanol–water partition coefficient (Wildman–Crippen LogP) is 4.04. The summed E-state index contributed by atoms with van der Waals surface area (Å²) in [5, 5.41) is 7.91. The number of aryl methyl sites for hydroxylation is 1. The monoisotopic (exact) mass is 341 g/mol. The molecule has 0 spiro atoms. The zero-order valence-corrected chi connectivity index (χ0v) is 14.8. The molecule has 3 nitrogen and oxygen atoms in total. The molecule has 0 bridgehead atoms. The molecule has 0 radical (unpaired) electrons. The molecule has 1 fully saturated rings. The maximum absolute atomic E-state index is 4.52. The lowest BCUT2D eigenvalue weighted by atomic mass is 9.69. The van der Waals surface area contributed by atoms with E-state index in [2.05, 4.69) is 58.8 Å². The van der Waals surface area contributed by atoms with Gasteiger partial charge < -0.3 is 5.32 Å². The summed E-state index contributed by atoms with van der Waals surface area (Å²) in [4.78, 5) is 0. The zero-order chi connectivity index (χ0) is 14.7. The first-order chi connectivity index (χ1) is 9.58. The van der Waals surface area contributed by atoms with Gasteiger partial charge >= 0.3 is 0 Å². The Morgan fingerprint density at radius 2 is 2.20 bits per heavy atom. The summed E-state index contributed by atoms with van der Waals surface area (Å²) in [6, 6.07) is 0. The molecule has 0 aliphatic heterocycles. The molecule has 3 atom stereocenters. The highest BCUT2D eigenvalue weighted by Crippen LogP contribution is 2.44. The van der Waals surface area contributed by atoms with Gasteiger partial charge in [0.1, 0.15) is 0 Å². The molecule has 1 aromatic heterocycles. The number of hydrogen-bond donors (Lipinski definition) is 1. The fraction of sp³-hybridized carbons (Fsp3) is 0.812. The normalized spacial score (nSPS) is 27.2. The molecule has 1 aliphatic rings. The van der Waals surface area contributed by atoms with Gasteiger partial charge in [-0.3, -0.25) is 4.68 Å². The minimum Gasteiger partial charge on any atom is -0.319 e. The average Bonchev–Trinajstić information content (AvgIpc) is 2.80. The van der Waals surface area contributed by atoms with Crippen LogP contribution in [0.5, 0.6) is 0 Å². The molecule has 3 unspecified atom stereocenters. The van der Waals surface area contributed by atoms with Crippen molar-refractivity contribution >= 4 is 15.9 Å². The molecule has 4 heteroatoms. The van der Waals surface area contributed by atoms with Crippen molar-refractivity contribution < 1.29 is 0 Å². The summed E-state index contributed by atoms with van der Waals surface area (Å²) in [5.74, 6) is 2.98. The number of hydrogen-bond acceptors (Lipinski definition) is 2. The molecule has 1 heterocycles. The third-order valence-electron chi connectivity index (χ3n) is 4.93. The zero-order valence-electron chi connectivity index (χ0n) is 13.2. The van der Waals surface area contributed by atoms with Gasteiger partial charge in [-0.25, -0.2) is 0 Å². The molecule has 1 saturated carbocycles. The molecule has 2 rings (SSSR count). The van der Waals surface area contributed by atoms with E-state index in [1.54, 1.807) is 0 Å². The molecule has 1 aliphatic carbocycles. The Morgan fingerprint density at radius 3 is 2.80 bits per heavy atom. The number of aromatic nitrogens is 2. The van der Waals surface area contributed by atoms with Crippen molar-refractivity contribution in [3.63, 3.8) is 0 Å². The molecule has 1 aromatic rings. The van der Waals surface area contributed by atoms with Gasteiger partial charge in [-0.05, 0) is 73.5 Å². The summed E-state index contributed by atoms with van der Waals surface area (Å²) >= 11 is 3.73. The van der Waals surface area contributed by atoms with Gasteiger partial charge in [0.15, 0.2) is 0 Å². The van der Waals surface area contributed by atoms with E-state index in [9.17, 15) is 0 Å². The van der Waals surface area contributed by atoms with Gasteiger partial charge in [0, 0.05) is 12.5 Å². The van der Waals surface area contributed by atoms with Gasteiger partial charge in [0.25, 0.3) is 0 Å². The molecular formula is C16H28BrN3. The van der Waals surface area contributed by atoms with Crippen LogP contribution in [0.3, 0.4) is 0 Å². The van der Waals surface area contributed by atoms with Crippen LogP contribution in [0.2, 0.25) is 0 Å². The Hall–Kier alpha value is -0.350. The van der Waals surface area contributed by atoms with Crippen molar-refractivity contribution in [2.45, 2.75) is 52.5 Å². The van der Waals surface area contributed by atoms with Crippen molar-refractivity contribution in [2.75, 3.05) is 13.6 Å². The maximum atomic E-state index is 4.52. The van der Waals surface area contributed by atoms with E-state index in [0.29, 0.717) is 5.92 Å². The lowest BCUT2D eigenvalue weighted by molar-refractivity contribution is 0.186. The molecule has 1 N–H and O–H groups in total. The SMILES string of the molecule is CCn1ncc(Br)c1C1CC(C(C)C)CCC1CNC. The van der Waals surface area contributed by atoms with E-state index in [-0.39, 0.29) is 0 Å². The molecular weight excluding hydrogens is 314 g/mol. The summed E-state index contributed by atoms with van der Waals surface area (Å²) in [6.45, 7) is 8.98. The molecule has 114 valence electrons. The molecule has 20 heavy (non-hydrogen) atoms. The summed E-state index contributed by atoms with van der Waals surface area (Å²) in [7, 11) is 2.07. The average molecular weight is 342 g/mol. The minimum absolute atomic E-state index is 0.625. The topological polar surface area (TPSA) is 29.9 Å². The lowest BCUT2D eigenvalue weighted by Gasteiger charge is -2.38.